The Balaban J connectivity index is 2.03. The van der Waals surface area contributed by atoms with Crippen LogP contribution in [0.3, 0.4) is 0 Å². The van der Waals surface area contributed by atoms with Crippen LogP contribution in [-0.4, -0.2) is 0 Å². The second-order valence-corrected chi connectivity index (χ2v) is 5.88. The third-order valence-electron chi connectivity index (χ3n) is 4.42. The van der Waals surface area contributed by atoms with Crippen LogP contribution in [0.25, 0.3) is 33.0 Å². The van der Waals surface area contributed by atoms with E-state index in [0.717, 1.165) is 33.6 Å². The van der Waals surface area contributed by atoms with E-state index in [-0.39, 0.29) is 0 Å². The molecular weight excluding hydrogens is 292 g/mol. The van der Waals surface area contributed by atoms with Gasteiger partial charge in [0.2, 0.25) is 0 Å². The fraction of sp³-hybridized carbons (Fsp3) is 0. The van der Waals surface area contributed by atoms with Crippen molar-refractivity contribution in [2.75, 3.05) is 11.5 Å². The molecule has 0 fully saturated rings. The average molecular weight is 310 g/mol. The zero-order valence-corrected chi connectivity index (χ0v) is 13.2. The second-order valence-electron chi connectivity index (χ2n) is 5.88. The largest absolute Gasteiger partial charge is 0.398 e. The first-order chi connectivity index (χ1) is 11.8. The fourth-order valence-corrected chi connectivity index (χ4v) is 3.26. The molecule has 2 nitrogen and oxygen atoms in total. The van der Waals surface area contributed by atoms with E-state index in [1.54, 1.807) is 0 Å². The summed E-state index contributed by atoms with van der Waals surface area (Å²) >= 11 is 0. The maximum atomic E-state index is 6.20. The minimum atomic E-state index is 0.787. The molecule has 0 aliphatic carbocycles. The maximum absolute atomic E-state index is 6.20. The highest BCUT2D eigenvalue weighted by atomic mass is 14.6. The molecule has 0 unspecified atom stereocenters. The second kappa shape index (κ2) is 5.74. The third kappa shape index (κ3) is 2.29. The first-order valence-electron chi connectivity index (χ1n) is 7.97. The van der Waals surface area contributed by atoms with E-state index >= 15 is 0 Å². The molecule has 116 valence electrons. The minimum Gasteiger partial charge on any atom is -0.398 e. The quantitative estimate of drug-likeness (QED) is 0.491. The van der Waals surface area contributed by atoms with Crippen molar-refractivity contribution in [1.29, 1.82) is 0 Å². The Morgan fingerprint density at radius 1 is 0.375 bits per heavy atom. The van der Waals surface area contributed by atoms with Gasteiger partial charge < -0.3 is 11.5 Å². The Kier molecular flexibility index (Phi) is 3.43. The summed E-state index contributed by atoms with van der Waals surface area (Å²) in [6.45, 7) is 0. The van der Waals surface area contributed by atoms with Gasteiger partial charge in [-0.1, -0.05) is 72.8 Å². The highest BCUT2D eigenvalue weighted by molar-refractivity contribution is 6.06. The van der Waals surface area contributed by atoms with Crippen LogP contribution in [0.2, 0.25) is 0 Å². The van der Waals surface area contributed by atoms with Crippen molar-refractivity contribution in [3.05, 3.63) is 84.9 Å². The van der Waals surface area contributed by atoms with Gasteiger partial charge in [-0.3, -0.25) is 0 Å². The molecular formula is C22H18N2. The van der Waals surface area contributed by atoms with Crippen LogP contribution in [-0.2, 0) is 0 Å². The van der Waals surface area contributed by atoms with Gasteiger partial charge in [0.15, 0.2) is 0 Å². The molecule has 24 heavy (non-hydrogen) atoms. The Bertz CT molecular complexity index is 950. The number of rotatable bonds is 2. The van der Waals surface area contributed by atoms with E-state index < -0.39 is 0 Å². The van der Waals surface area contributed by atoms with Gasteiger partial charge in [-0.15, -0.1) is 0 Å². The van der Waals surface area contributed by atoms with Crippen molar-refractivity contribution >= 4 is 22.1 Å². The Labute approximate surface area is 141 Å². The van der Waals surface area contributed by atoms with Crippen molar-refractivity contribution in [3.8, 4) is 22.3 Å². The van der Waals surface area contributed by atoms with Crippen molar-refractivity contribution in [2.45, 2.75) is 0 Å². The van der Waals surface area contributed by atoms with Gasteiger partial charge in [-0.2, -0.15) is 0 Å². The predicted molar refractivity (Wildman–Crippen MR) is 104 cm³/mol. The number of para-hydroxylation sites is 2. The number of benzene rings is 4. The van der Waals surface area contributed by atoms with E-state index in [4.69, 9.17) is 11.5 Å². The standard InChI is InChI=1S/C22H18N2/c23-21-13-3-1-7-19(21)17-11-5-10-16-15(17)9-6-12-18(16)20-8-2-4-14-22(20)24/h1-14H,23-24H2. The smallest absolute Gasteiger partial charge is 0.0393 e. The average Bonchev–Trinajstić information content (AvgIpc) is 2.62. The molecule has 0 heterocycles. The lowest BCUT2D eigenvalue weighted by molar-refractivity contribution is 1.62. The number of hydrogen-bond acceptors (Lipinski definition) is 2. The molecule has 0 atom stereocenters. The van der Waals surface area contributed by atoms with E-state index in [1.165, 1.54) is 10.8 Å². The monoisotopic (exact) mass is 310 g/mol. The normalized spacial score (nSPS) is 10.8. The molecule has 0 spiro atoms. The highest BCUT2D eigenvalue weighted by Gasteiger charge is 2.11. The maximum Gasteiger partial charge on any atom is 0.0393 e. The molecule has 0 aliphatic heterocycles. The van der Waals surface area contributed by atoms with Gasteiger partial charge >= 0.3 is 0 Å². The molecule has 4 N–H and O–H groups in total. The summed E-state index contributed by atoms with van der Waals surface area (Å²) in [7, 11) is 0. The first-order valence-corrected chi connectivity index (χ1v) is 7.97. The van der Waals surface area contributed by atoms with E-state index in [0.29, 0.717) is 0 Å². The Hall–Kier alpha value is -3.26. The van der Waals surface area contributed by atoms with E-state index in [9.17, 15) is 0 Å². The van der Waals surface area contributed by atoms with E-state index in [1.807, 2.05) is 36.4 Å². The molecule has 0 amide bonds. The summed E-state index contributed by atoms with van der Waals surface area (Å²) in [6, 6.07) is 28.6. The summed E-state index contributed by atoms with van der Waals surface area (Å²) in [5, 5.41) is 2.35. The van der Waals surface area contributed by atoms with Gasteiger partial charge in [0.25, 0.3) is 0 Å². The summed E-state index contributed by atoms with van der Waals surface area (Å²) in [5.41, 5.74) is 18.4. The molecule has 2 heteroatoms. The fourth-order valence-electron chi connectivity index (χ4n) is 3.26. The van der Waals surface area contributed by atoms with Crippen LogP contribution in [0.4, 0.5) is 11.4 Å². The molecule has 4 aromatic rings. The highest BCUT2D eigenvalue weighted by Crippen LogP contribution is 2.37. The zero-order chi connectivity index (χ0) is 16.5. The van der Waals surface area contributed by atoms with Gasteiger partial charge in [0.1, 0.15) is 0 Å². The van der Waals surface area contributed by atoms with Gasteiger partial charge in [0.05, 0.1) is 0 Å². The van der Waals surface area contributed by atoms with Crippen molar-refractivity contribution in [1.82, 2.24) is 0 Å². The molecule has 0 saturated heterocycles. The third-order valence-corrected chi connectivity index (χ3v) is 4.42. The molecule has 4 rings (SSSR count). The zero-order valence-electron chi connectivity index (χ0n) is 13.2. The van der Waals surface area contributed by atoms with Crippen molar-refractivity contribution in [3.63, 3.8) is 0 Å². The number of nitrogen functional groups attached to an aromatic ring is 2. The lowest BCUT2D eigenvalue weighted by Crippen LogP contribution is -1.92. The number of fused-ring (bicyclic) bond motifs is 1. The van der Waals surface area contributed by atoms with Gasteiger partial charge in [-0.25, -0.2) is 0 Å². The van der Waals surface area contributed by atoms with Crippen LogP contribution < -0.4 is 11.5 Å². The van der Waals surface area contributed by atoms with Crippen LogP contribution >= 0.6 is 0 Å². The summed E-state index contributed by atoms with van der Waals surface area (Å²) in [6.07, 6.45) is 0. The first kappa shape index (κ1) is 14.3. The summed E-state index contributed by atoms with van der Waals surface area (Å²) in [5.74, 6) is 0. The van der Waals surface area contributed by atoms with Crippen LogP contribution in [0.5, 0.6) is 0 Å². The molecule has 0 radical (unpaired) electrons. The Morgan fingerprint density at radius 3 is 1.17 bits per heavy atom. The van der Waals surface area contributed by atoms with Crippen molar-refractivity contribution < 1.29 is 0 Å². The molecule has 0 bridgehead atoms. The Morgan fingerprint density at radius 2 is 0.750 bits per heavy atom. The summed E-state index contributed by atoms with van der Waals surface area (Å²) < 4.78 is 0. The van der Waals surface area contributed by atoms with E-state index in [2.05, 4.69) is 48.5 Å². The van der Waals surface area contributed by atoms with Crippen molar-refractivity contribution in [2.24, 2.45) is 0 Å². The minimum absolute atomic E-state index is 0.787. The number of hydrogen-bond donors (Lipinski definition) is 2. The van der Waals surface area contributed by atoms with Crippen LogP contribution in [0.1, 0.15) is 0 Å². The molecule has 0 aliphatic rings. The molecule has 0 saturated carbocycles. The number of nitrogens with two attached hydrogens (primary N) is 2. The van der Waals surface area contributed by atoms with Gasteiger partial charge in [0, 0.05) is 22.5 Å². The molecule has 4 aromatic carbocycles. The molecule has 0 aromatic heterocycles. The van der Waals surface area contributed by atoms with Crippen LogP contribution in [0.15, 0.2) is 84.9 Å². The van der Waals surface area contributed by atoms with Gasteiger partial charge in [-0.05, 0) is 34.0 Å². The lowest BCUT2D eigenvalue weighted by atomic mass is 9.92. The topological polar surface area (TPSA) is 52.0 Å². The summed E-state index contributed by atoms with van der Waals surface area (Å²) in [4.78, 5) is 0. The SMILES string of the molecule is Nc1ccccc1-c1cccc2c(-c3ccccc3N)cccc12. The lowest BCUT2D eigenvalue weighted by Gasteiger charge is -2.13. The number of anilines is 2. The van der Waals surface area contributed by atoms with Crippen LogP contribution in [0, 0.1) is 0 Å². The predicted octanol–water partition coefficient (Wildman–Crippen LogP) is 5.34.